The fourth-order valence-electron chi connectivity index (χ4n) is 6.54. The second kappa shape index (κ2) is 7.04. The number of nitro groups is 1. The number of hydrogen-bond acceptors (Lipinski definition) is 5. The molecule has 0 spiro atoms. The molecule has 2 atom stereocenters. The van der Waals surface area contributed by atoms with Crippen LogP contribution in [0.15, 0.2) is 6.20 Å². The van der Waals surface area contributed by atoms with Crippen LogP contribution < -0.4 is 10.1 Å². The topological polar surface area (TPSA) is 99.3 Å². The van der Waals surface area contributed by atoms with Crippen LogP contribution >= 0.6 is 0 Å². The van der Waals surface area contributed by atoms with Gasteiger partial charge in [-0.2, -0.15) is 0 Å². The zero-order valence-corrected chi connectivity index (χ0v) is 16.9. The Bertz CT molecular complexity index is 739. The van der Waals surface area contributed by atoms with Crippen LogP contribution in [0.4, 0.5) is 5.69 Å². The van der Waals surface area contributed by atoms with Gasteiger partial charge in [0.25, 0.3) is 0 Å². The molecule has 1 amide bonds. The number of hydrogen-bond donors (Lipinski definition) is 1. The molecule has 1 N–H and O–H groups in total. The monoisotopic (exact) mass is 390 g/mol. The number of rotatable bonds is 7. The molecule has 4 aliphatic carbocycles. The molecule has 154 valence electrons. The third-order valence-corrected chi connectivity index (χ3v) is 7.40. The summed E-state index contributed by atoms with van der Waals surface area (Å²) >= 11 is 0. The molecular formula is C20H30N4O4. The van der Waals surface area contributed by atoms with E-state index in [9.17, 15) is 14.9 Å². The average Bonchev–Trinajstić information content (AvgIpc) is 3.08. The summed E-state index contributed by atoms with van der Waals surface area (Å²) in [6.07, 6.45) is 9.99. The lowest BCUT2D eigenvalue weighted by Gasteiger charge is -2.59. The number of methoxy groups -OCH3 is 1. The molecule has 5 rings (SSSR count). The Hall–Kier alpha value is -2.12. The molecule has 4 saturated carbocycles. The third-order valence-electron chi connectivity index (χ3n) is 7.40. The quantitative estimate of drug-likeness (QED) is 0.568. The second-order valence-corrected chi connectivity index (χ2v) is 9.19. The molecule has 8 nitrogen and oxygen atoms in total. The zero-order valence-electron chi connectivity index (χ0n) is 16.9. The summed E-state index contributed by atoms with van der Waals surface area (Å²) in [6, 6.07) is -0.478. The highest BCUT2D eigenvalue weighted by molar-refractivity contribution is 5.80. The van der Waals surface area contributed by atoms with Crippen molar-refractivity contribution in [2.24, 2.45) is 23.2 Å². The van der Waals surface area contributed by atoms with Gasteiger partial charge in [-0.3, -0.25) is 14.9 Å². The van der Waals surface area contributed by atoms with E-state index >= 15 is 0 Å². The largest absolute Gasteiger partial charge is 0.475 e. The Morgan fingerprint density at radius 1 is 1.36 bits per heavy atom. The molecular weight excluding hydrogens is 360 g/mol. The molecule has 4 aliphatic rings. The van der Waals surface area contributed by atoms with Gasteiger partial charge in [0.2, 0.25) is 5.91 Å². The first-order valence-electron chi connectivity index (χ1n) is 10.4. The van der Waals surface area contributed by atoms with Crippen molar-refractivity contribution in [1.29, 1.82) is 0 Å². The summed E-state index contributed by atoms with van der Waals surface area (Å²) < 4.78 is 6.31. The van der Waals surface area contributed by atoms with Crippen LogP contribution in [0, 0.1) is 33.3 Å². The van der Waals surface area contributed by atoms with Crippen molar-refractivity contribution < 1.29 is 14.5 Å². The Balaban J connectivity index is 1.50. The molecule has 0 aliphatic heterocycles. The smallest absolute Gasteiger partial charge is 0.350 e. The van der Waals surface area contributed by atoms with E-state index in [1.807, 2.05) is 0 Å². The van der Waals surface area contributed by atoms with Crippen molar-refractivity contribution in [3.63, 3.8) is 0 Å². The summed E-state index contributed by atoms with van der Waals surface area (Å²) in [5, 5.41) is 18.5. The third kappa shape index (κ3) is 3.16. The van der Waals surface area contributed by atoms with Crippen LogP contribution in [0.25, 0.3) is 0 Å². The lowest BCUT2D eigenvalue weighted by molar-refractivity contribution is -0.385. The number of amides is 1. The molecule has 1 aromatic rings. The SMILES string of the molecule is CCC(NC(=O)C(C)n1cc([N+](=O)[O-])c(OC)n1)C12CC3CC(CC(C3)C1)C2. The molecule has 4 bridgehead atoms. The number of carbonyl (C=O) groups excluding carboxylic acids is 1. The van der Waals surface area contributed by atoms with Crippen LogP contribution in [-0.4, -0.2) is 33.8 Å². The van der Waals surface area contributed by atoms with Gasteiger partial charge in [0, 0.05) is 6.04 Å². The van der Waals surface area contributed by atoms with Crippen molar-refractivity contribution >= 4 is 11.6 Å². The Morgan fingerprint density at radius 2 is 1.93 bits per heavy atom. The van der Waals surface area contributed by atoms with E-state index in [1.54, 1.807) is 6.92 Å². The fraction of sp³-hybridized carbons (Fsp3) is 0.800. The maximum absolute atomic E-state index is 13.0. The predicted molar refractivity (Wildman–Crippen MR) is 103 cm³/mol. The number of nitrogens with zero attached hydrogens (tertiary/aromatic N) is 3. The summed E-state index contributed by atoms with van der Waals surface area (Å²) in [4.78, 5) is 23.6. The average molecular weight is 390 g/mol. The number of carbonyl (C=O) groups is 1. The molecule has 8 heteroatoms. The molecule has 1 heterocycles. The Morgan fingerprint density at radius 3 is 2.36 bits per heavy atom. The van der Waals surface area contributed by atoms with Gasteiger partial charge in [-0.25, -0.2) is 4.68 Å². The van der Waals surface area contributed by atoms with E-state index in [1.165, 1.54) is 56.5 Å². The Labute approximate surface area is 165 Å². The molecule has 28 heavy (non-hydrogen) atoms. The van der Waals surface area contributed by atoms with E-state index in [4.69, 9.17) is 4.74 Å². The summed E-state index contributed by atoms with van der Waals surface area (Å²) in [5.41, 5.74) is 0.00226. The molecule has 1 aromatic heterocycles. The first-order chi connectivity index (χ1) is 13.3. The van der Waals surface area contributed by atoms with Gasteiger partial charge in [0.1, 0.15) is 12.2 Å². The van der Waals surface area contributed by atoms with Crippen molar-refractivity contribution in [3.05, 3.63) is 16.3 Å². The minimum atomic E-state index is -0.634. The molecule has 4 fully saturated rings. The maximum Gasteiger partial charge on any atom is 0.350 e. The summed E-state index contributed by atoms with van der Waals surface area (Å²) in [6.45, 7) is 3.87. The van der Waals surface area contributed by atoms with Gasteiger partial charge in [0.05, 0.1) is 12.0 Å². The van der Waals surface area contributed by atoms with E-state index in [0.717, 1.165) is 24.2 Å². The zero-order chi connectivity index (χ0) is 20.1. The van der Waals surface area contributed by atoms with Gasteiger partial charge in [-0.15, -0.1) is 5.10 Å². The molecule has 0 radical (unpaired) electrons. The van der Waals surface area contributed by atoms with E-state index in [0.29, 0.717) is 0 Å². The summed E-state index contributed by atoms with van der Waals surface area (Å²) in [5.74, 6) is 2.27. The molecule has 0 aromatic carbocycles. The number of ether oxygens (including phenoxy) is 1. The fourth-order valence-corrected chi connectivity index (χ4v) is 6.54. The molecule has 0 saturated heterocycles. The minimum Gasteiger partial charge on any atom is -0.475 e. The van der Waals surface area contributed by atoms with E-state index in [-0.39, 0.29) is 28.9 Å². The van der Waals surface area contributed by atoms with Gasteiger partial charge < -0.3 is 10.1 Å². The highest BCUT2D eigenvalue weighted by atomic mass is 16.6. The lowest BCUT2D eigenvalue weighted by Crippen LogP contribution is -2.57. The van der Waals surface area contributed by atoms with Crippen molar-refractivity contribution in [2.45, 2.75) is 70.9 Å². The first kappa shape index (κ1) is 19.2. The number of aromatic nitrogens is 2. The highest BCUT2D eigenvalue weighted by Crippen LogP contribution is 2.61. The first-order valence-corrected chi connectivity index (χ1v) is 10.4. The van der Waals surface area contributed by atoms with Crippen LogP contribution in [0.2, 0.25) is 0 Å². The van der Waals surface area contributed by atoms with Crippen molar-refractivity contribution in [2.75, 3.05) is 7.11 Å². The van der Waals surface area contributed by atoms with Crippen molar-refractivity contribution in [3.8, 4) is 5.88 Å². The van der Waals surface area contributed by atoms with Crippen LogP contribution in [0.5, 0.6) is 5.88 Å². The van der Waals surface area contributed by atoms with E-state index < -0.39 is 11.0 Å². The van der Waals surface area contributed by atoms with Crippen molar-refractivity contribution in [1.82, 2.24) is 15.1 Å². The molecule has 2 unspecified atom stereocenters. The second-order valence-electron chi connectivity index (χ2n) is 9.19. The highest BCUT2D eigenvalue weighted by Gasteiger charge is 2.54. The van der Waals surface area contributed by atoms with Gasteiger partial charge in [0.15, 0.2) is 0 Å². The summed E-state index contributed by atoms with van der Waals surface area (Å²) in [7, 11) is 1.34. The van der Waals surface area contributed by atoms with Gasteiger partial charge in [-0.1, -0.05) is 6.92 Å². The maximum atomic E-state index is 13.0. The number of nitrogens with one attached hydrogen (secondary N) is 1. The predicted octanol–water partition coefficient (Wildman–Crippen LogP) is 3.47. The van der Waals surface area contributed by atoms with Crippen LogP contribution in [0.3, 0.4) is 0 Å². The Kier molecular flexibility index (Phi) is 4.83. The lowest BCUT2D eigenvalue weighted by atomic mass is 9.47. The van der Waals surface area contributed by atoms with Crippen LogP contribution in [-0.2, 0) is 4.79 Å². The normalized spacial score (nSPS) is 32.8. The van der Waals surface area contributed by atoms with Crippen LogP contribution in [0.1, 0.15) is 64.8 Å². The van der Waals surface area contributed by atoms with Gasteiger partial charge in [-0.05, 0) is 75.0 Å². The van der Waals surface area contributed by atoms with Gasteiger partial charge >= 0.3 is 11.6 Å². The standard InChI is InChI=1S/C20H30N4O4/c1-4-17(20-8-13-5-14(9-20)7-15(6-13)10-20)21-18(25)12(2)23-11-16(24(26)27)19(22-23)28-3/h11-15,17H,4-10H2,1-3H3,(H,21,25). The van der Waals surface area contributed by atoms with E-state index in [2.05, 4.69) is 17.3 Å². The minimum absolute atomic E-state index is 0.0715.